The number of aromatic nitrogens is 3. The molecule has 0 aliphatic heterocycles. The summed E-state index contributed by atoms with van der Waals surface area (Å²) in [7, 11) is 4.52. The molecule has 0 aromatic carbocycles. The van der Waals surface area contributed by atoms with Crippen LogP contribution in [0.5, 0.6) is 0 Å². The van der Waals surface area contributed by atoms with Gasteiger partial charge in [-0.2, -0.15) is 0 Å². The lowest BCUT2D eigenvalue weighted by Gasteiger charge is -2.12. The van der Waals surface area contributed by atoms with Crippen molar-refractivity contribution in [3.8, 4) is 0 Å². The summed E-state index contributed by atoms with van der Waals surface area (Å²) in [6.07, 6.45) is 1.52. The normalized spacial score (nSPS) is 11.2. The molecule has 0 bridgehead atoms. The van der Waals surface area contributed by atoms with Crippen LogP contribution >= 0.6 is 0 Å². The number of aryl methyl sites for hydroxylation is 1. The van der Waals surface area contributed by atoms with Gasteiger partial charge in [-0.15, -0.1) is 0 Å². The molecule has 0 fully saturated rings. The van der Waals surface area contributed by atoms with E-state index < -0.39 is 11.2 Å². The van der Waals surface area contributed by atoms with E-state index in [0.717, 1.165) is 4.57 Å². The van der Waals surface area contributed by atoms with Crippen LogP contribution in [0.4, 0.5) is 0 Å². The summed E-state index contributed by atoms with van der Waals surface area (Å²) in [5.74, 6) is 0.240. The van der Waals surface area contributed by atoms with Crippen molar-refractivity contribution in [1.29, 1.82) is 0 Å². The first-order valence-electron chi connectivity index (χ1n) is 8.04. The summed E-state index contributed by atoms with van der Waals surface area (Å²) in [4.78, 5) is 37.4. The van der Waals surface area contributed by atoms with Crippen molar-refractivity contribution in [1.82, 2.24) is 19.0 Å². The zero-order valence-corrected chi connectivity index (χ0v) is 14.8. The third-order valence-corrected chi connectivity index (χ3v) is 4.25. The topological polar surface area (TPSA) is 100 Å². The second kappa shape index (κ2) is 7.04. The van der Waals surface area contributed by atoms with E-state index in [4.69, 9.17) is 9.15 Å². The van der Waals surface area contributed by atoms with Crippen molar-refractivity contribution in [2.45, 2.75) is 13.1 Å². The van der Waals surface area contributed by atoms with Crippen LogP contribution in [0, 0.1) is 0 Å². The van der Waals surface area contributed by atoms with Crippen LogP contribution < -0.4 is 16.6 Å². The second-order valence-corrected chi connectivity index (χ2v) is 5.88. The first-order chi connectivity index (χ1) is 12.5. The quantitative estimate of drug-likeness (QED) is 0.677. The Balaban J connectivity index is 2.10. The van der Waals surface area contributed by atoms with Gasteiger partial charge in [-0.05, 0) is 18.2 Å². The number of ether oxygens (including phenoxy) is 1. The second-order valence-electron chi connectivity index (χ2n) is 5.88. The molecule has 3 aromatic rings. The Morgan fingerprint density at radius 3 is 2.69 bits per heavy atom. The Morgan fingerprint density at radius 1 is 1.27 bits per heavy atom. The van der Waals surface area contributed by atoms with Gasteiger partial charge in [-0.25, -0.2) is 4.79 Å². The molecular formula is C17H20N4O5. The molecule has 0 spiro atoms. The summed E-state index contributed by atoms with van der Waals surface area (Å²) in [6, 6.07) is 4.99. The van der Waals surface area contributed by atoms with Crippen molar-refractivity contribution in [3.05, 3.63) is 56.8 Å². The van der Waals surface area contributed by atoms with E-state index in [1.165, 1.54) is 23.9 Å². The third-order valence-electron chi connectivity index (χ3n) is 4.25. The molecule has 9 heteroatoms. The summed E-state index contributed by atoms with van der Waals surface area (Å²) in [5.41, 5.74) is -0.235. The molecular weight excluding hydrogens is 340 g/mol. The highest BCUT2D eigenvalue weighted by atomic mass is 16.5. The van der Waals surface area contributed by atoms with Crippen molar-refractivity contribution in [3.63, 3.8) is 0 Å². The average Bonchev–Trinajstić information content (AvgIpc) is 3.28. The number of amides is 1. The molecule has 3 aromatic heterocycles. The molecule has 0 aliphatic rings. The van der Waals surface area contributed by atoms with Crippen LogP contribution in [0.15, 0.2) is 38.5 Å². The number of carbonyl (C=O) groups excluding carboxylic acids is 1. The summed E-state index contributed by atoms with van der Waals surface area (Å²) in [5, 5.41) is 3.06. The van der Waals surface area contributed by atoms with Gasteiger partial charge in [0, 0.05) is 27.7 Å². The van der Waals surface area contributed by atoms with Gasteiger partial charge < -0.3 is 19.0 Å². The number of fused-ring (bicyclic) bond motifs is 1. The Labute approximate surface area is 148 Å². The molecule has 138 valence electrons. The summed E-state index contributed by atoms with van der Waals surface area (Å²) >= 11 is 0. The minimum Gasteiger partial charge on any atom is -0.467 e. The Bertz CT molecular complexity index is 1060. The van der Waals surface area contributed by atoms with E-state index in [0.29, 0.717) is 29.9 Å². The molecule has 0 saturated carbocycles. The molecule has 0 unspecified atom stereocenters. The van der Waals surface area contributed by atoms with E-state index in [1.54, 1.807) is 30.9 Å². The number of hydrogen-bond donors (Lipinski definition) is 1. The monoisotopic (exact) mass is 360 g/mol. The Morgan fingerprint density at radius 2 is 2.04 bits per heavy atom. The van der Waals surface area contributed by atoms with E-state index in [-0.39, 0.29) is 18.1 Å². The van der Waals surface area contributed by atoms with Gasteiger partial charge in [0.15, 0.2) is 0 Å². The highest BCUT2D eigenvalue weighted by molar-refractivity contribution is 5.97. The predicted octanol–water partition coefficient (Wildman–Crippen LogP) is 0.208. The Kier molecular flexibility index (Phi) is 4.81. The predicted molar refractivity (Wildman–Crippen MR) is 94.2 cm³/mol. The average molecular weight is 360 g/mol. The fraction of sp³-hybridized carbons (Fsp3) is 0.353. The third kappa shape index (κ3) is 2.97. The molecule has 0 radical (unpaired) electrons. The van der Waals surface area contributed by atoms with E-state index >= 15 is 0 Å². The maximum absolute atomic E-state index is 12.7. The summed E-state index contributed by atoms with van der Waals surface area (Å²) < 4.78 is 14.3. The van der Waals surface area contributed by atoms with Crippen LogP contribution in [-0.2, 0) is 31.9 Å². The van der Waals surface area contributed by atoms with Crippen LogP contribution in [0.1, 0.15) is 16.2 Å². The fourth-order valence-electron chi connectivity index (χ4n) is 2.91. The van der Waals surface area contributed by atoms with Gasteiger partial charge in [0.25, 0.3) is 11.5 Å². The maximum atomic E-state index is 12.7. The fourth-order valence-corrected chi connectivity index (χ4v) is 2.91. The first-order valence-corrected chi connectivity index (χ1v) is 8.04. The van der Waals surface area contributed by atoms with E-state index in [1.807, 2.05) is 0 Å². The van der Waals surface area contributed by atoms with E-state index in [2.05, 4.69) is 5.32 Å². The Hall–Kier alpha value is -3.07. The summed E-state index contributed by atoms with van der Waals surface area (Å²) in [6.45, 7) is 0.865. The highest BCUT2D eigenvalue weighted by Crippen LogP contribution is 2.16. The first kappa shape index (κ1) is 17.7. The number of nitrogens with zero attached hydrogens (tertiary/aromatic N) is 3. The molecule has 0 saturated heterocycles. The SMILES string of the molecule is COCCn1c(C(=O)NCc2ccco2)cc2c(=O)n(C)c(=O)n(C)c21. The van der Waals surface area contributed by atoms with Gasteiger partial charge >= 0.3 is 5.69 Å². The van der Waals surface area contributed by atoms with Gasteiger partial charge in [0.2, 0.25) is 0 Å². The van der Waals surface area contributed by atoms with Gasteiger partial charge in [-0.1, -0.05) is 0 Å². The van der Waals surface area contributed by atoms with Crippen molar-refractivity contribution in [2.75, 3.05) is 13.7 Å². The van der Waals surface area contributed by atoms with Crippen LogP contribution in [-0.4, -0.2) is 33.3 Å². The highest BCUT2D eigenvalue weighted by Gasteiger charge is 2.21. The van der Waals surface area contributed by atoms with Crippen molar-refractivity contribution >= 4 is 16.9 Å². The largest absolute Gasteiger partial charge is 0.467 e. The molecule has 3 rings (SSSR count). The number of nitrogens with one attached hydrogen (secondary N) is 1. The minimum absolute atomic E-state index is 0.217. The number of furan rings is 1. The standard InChI is InChI=1S/C17H20N4O5/c1-19-15-12(16(23)20(2)17(19)24)9-13(21(15)6-8-25-3)14(22)18-10-11-5-4-7-26-11/h4-5,7,9H,6,8,10H2,1-3H3,(H,18,22). The number of methoxy groups -OCH3 is 1. The van der Waals surface area contributed by atoms with E-state index in [9.17, 15) is 14.4 Å². The van der Waals surface area contributed by atoms with Gasteiger partial charge in [0.1, 0.15) is 17.1 Å². The zero-order valence-electron chi connectivity index (χ0n) is 14.8. The number of hydrogen-bond acceptors (Lipinski definition) is 5. The van der Waals surface area contributed by atoms with Crippen LogP contribution in [0.25, 0.3) is 11.0 Å². The lowest BCUT2D eigenvalue weighted by Crippen LogP contribution is -2.37. The molecule has 1 N–H and O–H groups in total. The van der Waals surface area contributed by atoms with Crippen LogP contribution in [0.3, 0.4) is 0 Å². The zero-order chi connectivity index (χ0) is 18.8. The maximum Gasteiger partial charge on any atom is 0.332 e. The minimum atomic E-state index is -0.457. The smallest absolute Gasteiger partial charge is 0.332 e. The molecule has 26 heavy (non-hydrogen) atoms. The van der Waals surface area contributed by atoms with Crippen LogP contribution in [0.2, 0.25) is 0 Å². The van der Waals surface area contributed by atoms with Crippen molar-refractivity contribution < 1.29 is 13.9 Å². The number of carbonyl (C=O) groups is 1. The van der Waals surface area contributed by atoms with Crippen molar-refractivity contribution in [2.24, 2.45) is 14.1 Å². The molecule has 3 heterocycles. The lowest BCUT2D eigenvalue weighted by molar-refractivity contribution is 0.0936. The molecule has 0 aliphatic carbocycles. The van der Waals surface area contributed by atoms with Gasteiger partial charge in [-0.3, -0.25) is 18.7 Å². The number of rotatable bonds is 6. The van der Waals surface area contributed by atoms with Gasteiger partial charge in [0.05, 0.1) is 24.8 Å². The molecule has 1 amide bonds. The lowest BCUT2D eigenvalue weighted by atomic mass is 10.3. The molecule has 9 nitrogen and oxygen atoms in total. The molecule has 0 atom stereocenters.